The molecule has 0 aliphatic carbocycles. The van der Waals surface area contributed by atoms with Crippen molar-refractivity contribution < 1.29 is 10.0 Å². The molecule has 1 aromatic rings. The van der Waals surface area contributed by atoms with Crippen molar-refractivity contribution in [2.75, 3.05) is 11.9 Å². The highest BCUT2D eigenvalue weighted by molar-refractivity contribution is 6.31. The van der Waals surface area contributed by atoms with E-state index in [9.17, 15) is 10.1 Å². The summed E-state index contributed by atoms with van der Waals surface area (Å²) in [6.07, 6.45) is 0.0784. The van der Waals surface area contributed by atoms with Crippen LogP contribution in [0.3, 0.4) is 0 Å². The molecule has 0 saturated heterocycles. The van der Waals surface area contributed by atoms with Crippen molar-refractivity contribution in [2.24, 2.45) is 0 Å². The van der Waals surface area contributed by atoms with E-state index in [1.165, 1.54) is 18.2 Å². The summed E-state index contributed by atoms with van der Waals surface area (Å²) < 4.78 is 0. The average Bonchev–Trinajstić information content (AvgIpc) is 2.16. The maximum Gasteiger partial charge on any atom is 0.292 e. The zero-order chi connectivity index (χ0) is 12.1. The molecule has 1 rings (SSSR count). The molecular weight excluding hydrogens is 232 g/mol. The Bertz CT molecular complexity index is 382. The van der Waals surface area contributed by atoms with Crippen LogP contribution in [0, 0.1) is 10.1 Å². The second-order valence-electron chi connectivity index (χ2n) is 3.48. The first-order valence-corrected chi connectivity index (χ1v) is 5.24. The third kappa shape index (κ3) is 3.67. The van der Waals surface area contributed by atoms with Crippen molar-refractivity contribution in [3.05, 3.63) is 33.3 Å². The number of nitrogens with zero attached hydrogens (tertiary/aromatic N) is 1. The van der Waals surface area contributed by atoms with Crippen molar-refractivity contribution in [3.8, 4) is 0 Å². The molecule has 0 aliphatic heterocycles. The summed E-state index contributed by atoms with van der Waals surface area (Å²) in [4.78, 5) is 10.2. The van der Waals surface area contributed by atoms with Crippen LogP contribution in [0.25, 0.3) is 0 Å². The number of aliphatic hydroxyl groups is 1. The molecule has 0 radical (unpaired) electrons. The van der Waals surface area contributed by atoms with Crippen LogP contribution in [0.5, 0.6) is 0 Å². The third-order valence-electron chi connectivity index (χ3n) is 2.03. The standard InChI is InChI=1S/C10H13ClN2O3/c1-7(14)4-5-12-9-6-8(11)2-3-10(9)13(15)16/h2-3,6-7,12,14H,4-5H2,1H3. The number of nitro groups is 1. The first-order chi connectivity index (χ1) is 7.50. The Morgan fingerprint density at radius 1 is 1.62 bits per heavy atom. The van der Waals surface area contributed by atoms with E-state index >= 15 is 0 Å². The lowest BCUT2D eigenvalue weighted by atomic mass is 10.2. The number of rotatable bonds is 5. The Morgan fingerprint density at radius 2 is 2.31 bits per heavy atom. The van der Waals surface area contributed by atoms with Crippen molar-refractivity contribution in [1.29, 1.82) is 0 Å². The average molecular weight is 245 g/mol. The topological polar surface area (TPSA) is 75.4 Å². The van der Waals surface area contributed by atoms with Crippen LogP contribution in [0.4, 0.5) is 11.4 Å². The van der Waals surface area contributed by atoms with Crippen LogP contribution in [-0.4, -0.2) is 22.7 Å². The van der Waals surface area contributed by atoms with Crippen molar-refractivity contribution in [1.82, 2.24) is 0 Å². The third-order valence-corrected chi connectivity index (χ3v) is 2.27. The van der Waals surface area contributed by atoms with Gasteiger partial charge in [-0.05, 0) is 25.5 Å². The van der Waals surface area contributed by atoms with E-state index in [2.05, 4.69) is 5.32 Å². The SMILES string of the molecule is CC(O)CCNc1cc(Cl)ccc1[N+](=O)[O-]. The van der Waals surface area contributed by atoms with E-state index in [-0.39, 0.29) is 5.69 Å². The summed E-state index contributed by atoms with van der Waals surface area (Å²) in [5.41, 5.74) is 0.355. The number of hydrogen-bond donors (Lipinski definition) is 2. The first kappa shape index (κ1) is 12.7. The van der Waals surface area contributed by atoms with Crippen LogP contribution >= 0.6 is 11.6 Å². The van der Waals surface area contributed by atoms with Gasteiger partial charge in [0, 0.05) is 17.6 Å². The molecule has 6 heteroatoms. The highest BCUT2D eigenvalue weighted by atomic mass is 35.5. The van der Waals surface area contributed by atoms with Crippen LogP contribution in [0.2, 0.25) is 5.02 Å². The van der Waals surface area contributed by atoms with E-state index in [4.69, 9.17) is 16.7 Å². The molecular formula is C10H13ClN2O3. The molecule has 0 heterocycles. The summed E-state index contributed by atoms with van der Waals surface area (Å²) in [6, 6.07) is 4.33. The molecule has 5 nitrogen and oxygen atoms in total. The summed E-state index contributed by atoms with van der Waals surface area (Å²) in [6.45, 7) is 2.12. The molecule has 1 unspecified atom stereocenters. The Balaban J connectivity index is 2.76. The smallest absolute Gasteiger partial charge is 0.292 e. The van der Waals surface area contributed by atoms with E-state index in [0.717, 1.165) is 0 Å². The van der Waals surface area contributed by atoms with Gasteiger partial charge in [0.1, 0.15) is 5.69 Å². The first-order valence-electron chi connectivity index (χ1n) is 4.86. The number of nitro benzene ring substituents is 1. The summed E-state index contributed by atoms with van der Waals surface area (Å²) >= 11 is 5.75. The Kier molecular flexibility index (Phi) is 4.52. The van der Waals surface area contributed by atoms with E-state index < -0.39 is 11.0 Å². The maximum absolute atomic E-state index is 10.7. The van der Waals surface area contributed by atoms with Crippen LogP contribution in [-0.2, 0) is 0 Å². The molecule has 2 N–H and O–H groups in total. The van der Waals surface area contributed by atoms with Gasteiger partial charge < -0.3 is 10.4 Å². The minimum atomic E-state index is -0.471. The van der Waals surface area contributed by atoms with Crippen LogP contribution < -0.4 is 5.32 Å². The zero-order valence-corrected chi connectivity index (χ0v) is 9.57. The fraction of sp³-hybridized carbons (Fsp3) is 0.400. The van der Waals surface area contributed by atoms with Gasteiger partial charge in [-0.3, -0.25) is 10.1 Å². The van der Waals surface area contributed by atoms with Gasteiger partial charge in [-0.15, -0.1) is 0 Å². The number of benzene rings is 1. The van der Waals surface area contributed by atoms with Gasteiger partial charge in [0.25, 0.3) is 5.69 Å². The predicted molar refractivity (Wildman–Crippen MR) is 62.9 cm³/mol. The van der Waals surface area contributed by atoms with E-state index in [1.807, 2.05) is 0 Å². The number of aliphatic hydroxyl groups excluding tert-OH is 1. The van der Waals surface area contributed by atoms with Gasteiger partial charge in [-0.2, -0.15) is 0 Å². The van der Waals surface area contributed by atoms with Gasteiger partial charge in [-0.25, -0.2) is 0 Å². The quantitative estimate of drug-likeness (QED) is 0.616. The number of hydrogen-bond acceptors (Lipinski definition) is 4. The second-order valence-corrected chi connectivity index (χ2v) is 3.92. The predicted octanol–water partition coefficient (Wildman–Crippen LogP) is 2.43. The van der Waals surface area contributed by atoms with Gasteiger partial charge >= 0.3 is 0 Å². The molecule has 1 aromatic carbocycles. The van der Waals surface area contributed by atoms with Gasteiger partial charge in [0.05, 0.1) is 11.0 Å². The highest BCUT2D eigenvalue weighted by Gasteiger charge is 2.13. The Labute approximate surface area is 98.2 Å². The van der Waals surface area contributed by atoms with Gasteiger partial charge in [0.15, 0.2) is 0 Å². The fourth-order valence-corrected chi connectivity index (χ4v) is 1.40. The lowest BCUT2D eigenvalue weighted by Gasteiger charge is -2.08. The molecule has 0 bridgehead atoms. The summed E-state index contributed by atoms with van der Waals surface area (Å²) in [7, 11) is 0. The fourth-order valence-electron chi connectivity index (χ4n) is 1.22. The van der Waals surface area contributed by atoms with Crippen LogP contribution in [0.15, 0.2) is 18.2 Å². The van der Waals surface area contributed by atoms with E-state index in [0.29, 0.717) is 23.7 Å². The molecule has 88 valence electrons. The van der Waals surface area contributed by atoms with Gasteiger partial charge in [-0.1, -0.05) is 11.6 Å². The molecule has 0 amide bonds. The lowest BCUT2D eigenvalue weighted by Crippen LogP contribution is -2.10. The normalized spacial score (nSPS) is 12.2. The van der Waals surface area contributed by atoms with E-state index in [1.54, 1.807) is 6.92 Å². The van der Waals surface area contributed by atoms with Crippen molar-refractivity contribution in [3.63, 3.8) is 0 Å². The number of halogens is 1. The van der Waals surface area contributed by atoms with Crippen molar-refractivity contribution >= 4 is 23.0 Å². The largest absolute Gasteiger partial charge is 0.393 e. The molecule has 0 saturated carbocycles. The summed E-state index contributed by atoms with van der Waals surface area (Å²) in [5.74, 6) is 0. The molecule has 0 fully saturated rings. The van der Waals surface area contributed by atoms with Crippen molar-refractivity contribution in [2.45, 2.75) is 19.4 Å². The Hall–Kier alpha value is -1.33. The molecule has 1 atom stereocenters. The Morgan fingerprint density at radius 3 is 2.88 bits per heavy atom. The number of nitrogens with one attached hydrogen (secondary N) is 1. The number of anilines is 1. The zero-order valence-electron chi connectivity index (χ0n) is 8.81. The molecule has 0 spiro atoms. The summed E-state index contributed by atoms with van der Waals surface area (Å²) in [5, 5.41) is 23.1. The minimum absolute atomic E-state index is 0.0185. The lowest BCUT2D eigenvalue weighted by molar-refractivity contribution is -0.384. The molecule has 16 heavy (non-hydrogen) atoms. The van der Waals surface area contributed by atoms with Gasteiger partial charge in [0.2, 0.25) is 0 Å². The maximum atomic E-state index is 10.7. The minimum Gasteiger partial charge on any atom is -0.393 e. The second kappa shape index (κ2) is 5.67. The highest BCUT2D eigenvalue weighted by Crippen LogP contribution is 2.27. The monoisotopic (exact) mass is 244 g/mol. The molecule has 0 aromatic heterocycles. The molecule has 0 aliphatic rings. The van der Waals surface area contributed by atoms with Crippen LogP contribution in [0.1, 0.15) is 13.3 Å².